The Balaban J connectivity index is 1.95. The van der Waals surface area contributed by atoms with Gasteiger partial charge in [0.25, 0.3) is 5.91 Å². The molecule has 0 radical (unpaired) electrons. The highest BCUT2D eigenvalue weighted by molar-refractivity contribution is 7.89. The number of halogens is 1. The zero-order chi connectivity index (χ0) is 17.7. The lowest BCUT2D eigenvalue weighted by Crippen LogP contribution is -2.36. The lowest BCUT2D eigenvalue weighted by Gasteiger charge is -2.16. The third-order valence-corrected chi connectivity index (χ3v) is 5.10. The highest BCUT2D eigenvalue weighted by Crippen LogP contribution is 2.17. The van der Waals surface area contributed by atoms with Crippen LogP contribution in [-0.2, 0) is 14.8 Å². The van der Waals surface area contributed by atoms with E-state index < -0.39 is 15.9 Å². The Kier molecular flexibility index (Phi) is 5.76. The number of hydrazone groups is 1. The number of nitrogens with zero attached hydrogens (tertiary/aromatic N) is 2. The standard InChI is InChI=1S/C15H16ClN3O4S/c1-11-3-6-13(23-11)9-17-18-15(20)10-19(2)24(21,22)14-7-4-12(16)5-8-14/h3-9H,10H2,1-2H3,(H,18,20)/b17-9-. The van der Waals surface area contributed by atoms with E-state index in [0.717, 1.165) is 10.1 Å². The second-order valence-electron chi connectivity index (χ2n) is 4.96. The Hall–Kier alpha value is -2.16. The van der Waals surface area contributed by atoms with Crippen LogP contribution >= 0.6 is 11.6 Å². The monoisotopic (exact) mass is 369 g/mol. The molecule has 2 aromatic rings. The first-order valence-corrected chi connectivity index (χ1v) is 8.71. The van der Waals surface area contributed by atoms with Crippen molar-refractivity contribution in [2.75, 3.05) is 13.6 Å². The normalized spacial score (nSPS) is 12.0. The highest BCUT2D eigenvalue weighted by atomic mass is 35.5. The molecular weight excluding hydrogens is 354 g/mol. The molecular formula is C15H16ClN3O4S. The van der Waals surface area contributed by atoms with E-state index in [0.29, 0.717) is 10.8 Å². The van der Waals surface area contributed by atoms with Crippen LogP contribution < -0.4 is 5.43 Å². The zero-order valence-electron chi connectivity index (χ0n) is 13.1. The average molecular weight is 370 g/mol. The molecule has 0 aliphatic rings. The molecule has 9 heteroatoms. The van der Waals surface area contributed by atoms with Crippen LogP contribution in [0.15, 0.2) is 50.8 Å². The van der Waals surface area contributed by atoms with Gasteiger partial charge in [-0.2, -0.15) is 9.41 Å². The van der Waals surface area contributed by atoms with Gasteiger partial charge in [0.15, 0.2) is 0 Å². The predicted molar refractivity (Wildman–Crippen MR) is 90.4 cm³/mol. The number of carbonyl (C=O) groups excluding carboxylic acids is 1. The SMILES string of the molecule is Cc1ccc(/C=N\NC(=O)CN(C)S(=O)(=O)c2ccc(Cl)cc2)o1. The highest BCUT2D eigenvalue weighted by Gasteiger charge is 2.22. The Labute approximate surface area is 145 Å². The summed E-state index contributed by atoms with van der Waals surface area (Å²) in [5.41, 5.74) is 2.25. The fourth-order valence-corrected chi connectivity index (χ4v) is 3.05. The molecule has 1 amide bonds. The van der Waals surface area contributed by atoms with Crippen LogP contribution in [0.1, 0.15) is 11.5 Å². The number of furan rings is 1. The number of hydrogen-bond donors (Lipinski definition) is 1. The molecule has 0 aliphatic carbocycles. The molecule has 24 heavy (non-hydrogen) atoms. The summed E-state index contributed by atoms with van der Waals surface area (Å²) in [6.07, 6.45) is 1.33. The van der Waals surface area contributed by atoms with Crippen LogP contribution in [-0.4, -0.2) is 38.4 Å². The minimum absolute atomic E-state index is 0.0526. The zero-order valence-corrected chi connectivity index (χ0v) is 14.6. The molecule has 1 aromatic carbocycles. The second kappa shape index (κ2) is 7.61. The van der Waals surface area contributed by atoms with Crippen LogP contribution in [0.4, 0.5) is 0 Å². The maximum Gasteiger partial charge on any atom is 0.255 e. The van der Waals surface area contributed by atoms with Gasteiger partial charge in [-0.15, -0.1) is 0 Å². The Bertz CT molecular complexity index is 844. The first kappa shape index (κ1) is 18.2. The molecule has 0 unspecified atom stereocenters. The molecule has 1 heterocycles. The molecule has 2 rings (SSSR count). The first-order chi connectivity index (χ1) is 11.3. The molecule has 0 bridgehead atoms. The molecule has 1 N–H and O–H groups in total. The van der Waals surface area contributed by atoms with Crippen LogP contribution in [0.5, 0.6) is 0 Å². The van der Waals surface area contributed by atoms with Crippen LogP contribution in [0.2, 0.25) is 5.02 Å². The van der Waals surface area contributed by atoms with Crippen molar-refractivity contribution in [2.45, 2.75) is 11.8 Å². The molecule has 0 aliphatic heterocycles. The Morgan fingerprint density at radius 1 is 1.29 bits per heavy atom. The van der Waals surface area contributed by atoms with Crippen molar-refractivity contribution in [3.05, 3.63) is 52.9 Å². The van der Waals surface area contributed by atoms with E-state index >= 15 is 0 Å². The van der Waals surface area contributed by atoms with Crippen molar-refractivity contribution in [1.29, 1.82) is 0 Å². The smallest absolute Gasteiger partial charge is 0.255 e. The van der Waals surface area contributed by atoms with Crippen molar-refractivity contribution in [3.63, 3.8) is 0 Å². The van der Waals surface area contributed by atoms with E-state index in [1.54, 1.807) is 19.1 Å². The Morgan fingerprint density at radius 3 is 2.54 bits per heavy atom. The molecule has 0 atom stereocenters. The second-order valence-corrected chi connectivity index (χ2v) is 7.44. The average Bonchev–Trinajstić information content (AvgIpc) is 2.93. The van der Waals surface area contributed by atoms with Gasteiger partial charge in [-0.1, -0.05) is 11.6 Å². The van der Waals surface area contributed by atoms with E-state index in [1.807, 2.05) is 0 Å². The lowest BCUT2D eigenvalue weighted by molar-refractivity contribution is -0.121. The number of benzene rings is 1. The van der Waals surface area contributed by atoms with Crippen molar-refractivity contribution in [1.82, 2.24) is 9.73 Å². The summed E-state index contributed by atoms with van der Waals surface area (Å²) in [7, 11) is -2.47. The van der Waals surface area contributed by atoms with Crippen LogP contribution in [0.25, 0.3) is 0 Å². The third-order valence-electron chi connectivity index (χ3n) is 3.03. The summed E-state index contributed by atoms with van der Waals surface area (Å²) in [4.78, 5) is 11.9. The molecule has 7 nitrogen and oxygen atoms in total. The van der Waals surface area contributed by atoms with E-state index in [-0.39, 0.29) is 11.4 Å². The summed E-state index contributed by atoms with van der Waals surface area (Å²) in [6, 6.07) is 9.15. The number of aryl methyl sites for hydroxylation is 1. The van der Waals surface area contributed by atoms with E-state index in [2.05, 4.69) is 10.5 Å². The number of rotatable bonds is 6. The van der Waals surface area contributed by atoms with E-state index in [4.69, 9.17) is 16.0 Å². The summed E-state index contributed by atoms with van der Waals surface area (Å²) < 4.78 is 30.8. The van der Waals surface area contributed by atoms with Crippen molar-refractivity contribution < 1.29 is 17.6 Å². The predicted octanol–water partition coefficient (Wildman–Crippen LogP) is 2.01. The van der Waals surface area contributed by atoms with Gasteiger partial charge in [-0.05, 0) is 43.3 Å². The number of carbonyl (C=O) groups is 1. The van der Waals surface area contributed by atoms with E-state index in [1.165, 1.54) is 37.5 Å². The van der Waals surface area contributed by atoms with Gasteiger partial charge >= 0.3 is 0 Å². The molecule has 0 spiro atoms. The van der Waals surface area contributed by atoms with Gasteiger partial charge < -0.3 is 4.42 Å². The van der Waals surface area contributed by atoms with Crippen molar-refractivity contribution in [2.24, 2.45) is 5.10 Å². The minimum atomic E-state index is -3.78. The maximum atomic E-state index is 12.3. The van der Waals surface area contributed by atoms with Crippen LogP contribution in [0.3, 0.4) is 0 Å². The first-order valence-electron chi connectivity index (χ1n) is 6.89. The van der Waals surface area contributed by atoms with E-state index in [9.17, 15) is 13.2 Å². The summed E-state index contributed by atoms with van der Waals surface area (Å²) in [5, 5.41) is 4.14. The van der Waals surface area contributed by atoms with Gasteiger partial charge in [-0.3, -0.25) is 4.79 Å². The van der Waals surface area contributed by atoms with Gasteiger partial charge in [0.2, 0.25) is 10.0 Å². The van der Waals surface area contributed by atoms with Crippen LogP contribution in [0, 0.1) is 6.92 Å². The number of amides is 1. The number of likely N-dealkylation sites (N-methyl/N-ethyl adjacent to an activating group) is 1. The fraction of sp³-hybridized carbons (Fsp3) is 0.200. The molecule has 0 saturated heterocycles. The quantitative estimate of drug-likeness (QED) is 0.622. The fourth-order valence-electron chi connectivity index (χ4n) is 1.80. The molecule has 0 fully saturated rings. The lowest BCUT2D eigenvalue weighted by atomic mass is 10.4. The van der Waals surface area contributed by atoms with Crippen molar-refractivity contribution >= 4 is 33.7 Å². The number of hydrogen-bond acceptors (Lipinski definition) is 5. The van der Waals surface area contributed by atoms with Crippen molar-refractivity contribution in [3.8, 4) is 0 Å². The number of nitrogens with one attached hydrogen (secondary N) is 1. The molecule has 1 aromatic heterocycles. The maximum absolute atomic E-state index is 12.3. The molecule has 0 saturated carbocycles. The number of sulfonamides is 1. The molecule has 128 valence electrons. The Morgan fingerprint density at radius 2 is 1.96 bits per heavy atom. The minimum Gasteiger partial charge on any atom is -0.460 e. The van der Waals surface area contributed by atoms with Gasteiger partial charge in [0, 0.05) is 12.1 Å². The topological polar surface area (TPSA) is 92.0 Å². The summed E-state index contributed by atoms with van der Waals surface area (Å²) in [5.74, 6) is 0.626. The van der Waals surface area contributed by atoms with Gasteiger partial charge in [0.05, 0.1) is 17.7 Å². The third kappa shape index (κ3) is 4.67. The summed E-state index contributed by atoms with van der Waals surface area (Å²) >= 11 is 5.74. The largest absolute Gasteiger partial charge is 0.460 e. The summed E-state index contributed by atoms with van der Waals surface area (Å²) in [6.45, 7) is 1.41. The van der Waals surface area contributed by atoms with Gasteiger partial charge in [-0.25, -0.2) is 13.8 Å². The van der Waals surface area contributed by atoms with Gasteiger partial charge in [0.1, 0.15) is 11.5 Å².